The van der Waals surface area contributed by atoms with Gasteiger partial charge < -0.3 is 5.11 Å². The molecule has 4 nitrogen and oxygen atoms in total. The maximum absolute atomic E-state index is 10.4. The molecule has 1 aromatic rings. The predicted octanol–water partition coefficient (Wildman–Crippen LogP) is 6.43. The molecule has 1 unspecified atom stereocenters. The molecule has 0 fully saturated rings. The van der Waals surface area contributed by atoms with Gasteiger partial charge in [0, 0.05) is 6.54 Å². The van der Waals surface area contributed by atoms with Crippen LogP contribution >= 0.6 is 0 Å². The summed E-state index contributed by atoms with van der Waals surface area (Å²) < 4.78 is 21.5. The zero-order chi connectivity index (χ0) is 20.5. The number of nitrogens with one attached hydrogen (secondary N) is 1. The number of phenols is 1. The van der Waals surface area contributed by atoms with Crippen LogP contribution in [-0.2, 0) is 17.7 Å². The highest BCUT2D eigenvalue weighted by Crippen LogP contribution is 2.19. The molecule has 0 saturated carbocycles. The molecule has 0 aliphatic carbocycles. The van der Waals surface area contributed by atoms with Crippen LogP contribution in [0.25, 0.3) is 0 Å². The predicted molar refractivity (Wildman–Crippen MR) is 120 cm³/mol. The summed E-state index contributed by atoms with van der Waals surface area (Å²) in [4.78, 5) is 0. The van der Waals surface area contributed by atoms with Crippen molar-refractivity contribution in [2.45, 2.75) is 103 Å². The second kappa shape index (κ2) is 17.0. The highest BCUT2D eigenvalue weighted by molar-refractivity contribution is 7.77. The standard InChI is InChI=1S/C23H41NO3S/c1-21-17-18-23(25)20-22(21)16-14-12-10-8-6-4-2-3-5-7-9-11-13-15-19-24-28(26)27/h17-18,20,24-25H,2-16,19H2,1H3,(H,26,27). The Labute approximate surface area is 174 Å². The van der Waals surface area contributed by atoms with Crippen molar-refractivity contribution >= 4 is 11.3 Å². The molecule has 0 radical (unpaired) electrons. The van der Waals surface area contributed by atoms with E-state index in [-0.39, 0.29) is 0 Å². The molecule has 1 atom stereocenters. The van der Waals surface area contributed by atoms with Gasteiger partial charge in [-0.3, -0.25) is 4.55 Å². The number of aryl methyl sites for hydroxylation is 2. The molecule has 0 amide bonds. The Morgan fingerprint density at radius 1 is 0.786 bits per heavy atom. The van der Waals surface area contributed by atoms with Crippen molar-refractivity contribution in [3.63, 3.8) is 0 Å². The first-order valence-electron chi connectivity index (χ1n) is 11.2. The van der Waals surface area contributed by atoms with Crippen LogP contribution in [0.4, 0.5) is 0 Å². The molecule has 1 aromatic carbocycles. The Morgan fingerprint density at radius 2 is 1.25 bits per heavy atom. The van der Waals surface area contributed by atoms with Gasteiger partial charge in [-0.05, 0) is 49.4 Å². The second-order valence-corrected chi connectivity index (χ2v) is 8.74. The molecule has 162 valence electrons. The van der Waals surface area contributed by atoms with Crippen molar-refractivity contribution in [2.24, 2.45) is 0 Å². The van der Waals surface area contributed by atoms with E-state index in [0.717, 1.165) is 19.3 Å². The molecule has 0 bridgehead atoms. The SMILES string of the molecule is Cc1ccc(O)cc1CCCCCCCCCCCCCCCCNS(=O)O. The van der Waals surface area contributed by atoms with Gasteiger partial charge in [-0.2, -0.15) is 0 Å². The number of benzene rings is 1. The van der Waals surface area contributed by atoms with Gasteiger partial charge >= 0.3 is 0 Å². The van der Waals surface area contributed by atoms with Gasteiger partial charge in [0.2, 0.25) is 11.3 Å². The van der Waals surface area contributed by atoms with E-state index in [4.69, 9.17) is 4.55 Å². The Morgan fingerprint density at radius 3 is 1.75 bits per heavy atom. The minimum atomic E-state index is -1.85. The first-order chi connectivity index (χ1) is 13.6. The lowest BCUT2D eigenvalue weighted by Gasteiger charge is -2.06. The van der Waals surface area contributed by atoms with Crippen molar-refractivity contribution in [1.29, 1.82) is 0 Å². The number of aromatic hydroxyl groups is 1. The zero-order valence-corrected chi connectivity index (χ0v) is 18.6. The summed E-state index contributed by atoms with van der Waals surface area (Å²) in [6, 6.07) is 5.68. The van der Waals surface area contributed by atoms with Crippen LogP contribution in [0.15, 0.2) is 18.2 Å². The van der Waals surface area contributed by atoms with E-state index in [1.54, 1.807) is 6.07 Å². The van der Waals surface area contributed by atoms with Gasteiger partial charge in [0.1, 0.15) is 5.75 Å². The van der Waals surface area contributed by atoms with Crippen molar-refractivity contribution in [3.05, 3.63) is 29.3 Å². The molecule has 3 N–H and O–H groups in total. The summed E-state index contributed by atoms with van der Waals surface area (Å²) in [5.41, 5.74) is 2.58. The Hall–Kier alpha value is -0.910. The van der Waals surface area contributed by atoms with E-state index in [1.165, 1.54) is 88.2 Å². The van der Waals surface area contributed by atoms with Crippen molar-refractivity contribution < 1.29 is 13.9 Å². The van der Waals surface area contributed by atoms with Crippen molar-refractivity contribution in [2.75, 3.05) is 6.54 Å². The highest BCUT2D eigenvalue weighted by atomic mass is 32.2. The van der Waals surface area contributed by atoms with E-state index in [2.05, 4.69) is 11.6 Å². The third kappa shape index (κ3) is 14.1. The molecule has 5 heteroatoms. The van der Waals surface area contributed by atoms with Gasteiger partial charge in [0.05, 0.1) is 0 Å². The number of unbranched alkanes of at least 4 members (excludes halogenated alkanes) is 13. The fourth-order valence-corrected chi connectivity index (χ4v) is 3.97. The lowest BCUT2D eigenvalue weighted by molar-refractivity contribution is 0.474. The van der Waals surface area contributed by atoms with Gasteiger partial charge in [-0.15, -0.1) is 0 Å². The smallest absolute Gasteiger partial charge is 0.231 e. The van der Waals surface area contributed by atoms with E-state index in [9.17, 15) is 9.32 Å². The van der Waals surface area contributed by atoms with Crippen LogP contribution in [0.5, 0.6) is 5.75 Å². The topological polar surface area (TPSA) is 69.6 Å². The lowest BCUT2D eigenvalue weighted by Crippen LogP contribution is -2.17. The second-order valence-electron chi connectivity index (χ2n) is 7.95. The average molecular weight is 412 g/mol. The first-order valence-corrected chi connectivity index (χ1v) is 12.3. The van der Waals surface area contributed by atoms with Crippen LogP contribution in [-0.4, -0.2) is 20.4 Å². The Balaban J connectivity index is 1.78. The summed E-state index contributed by atoms with van der Waals surface area (Å²) in [7, 11) is 0. The average Bonchev–Trinajstić information content (AvgIpc) is 2.66. The minimum Gasteiger partial charge on any atom is -0.508 e. The number of rotatable bonds is 18. The summed E-state index contributed by atoms with van der Waals surface area (Å²) in [5.74, 6) is 0.384. The maximum Gasteiger partial charge on any atom is 0.231 e. The Kier molecular flexibility index (Phi) is 15.2. The first kappa shape index (κ1) is 25.1. The number of hydrogen-bond donors (Lipinski definition) is 3. The third-order valence-electron chi connectivity index (χ3n) is 5.43. The van der Waals surface area contributed by atoms with Gasteiger partial charge in [-0.25, -0.2) is 8.93 Å². The summed E-state index contributed by atoms with van der Waals surface area (Å²) in [6.45, 7) is 2.76. The summed E-state index contributed by atoms with van der Waals surface area (Å²) >= 11 is -1.85. The largest absolute Gasteiger partial charge is 0.508 e. The minimum absolute atomic E-state index is 0.384. The third-order valence-corrected chi connectivity index (χ3v) is 5.88. The van der Waals surface area contributed by atoms with Crippen LogP contribution in [0.2, 0.25) is 0 Å². The van der Waals surface area contributed by atoms with Crippen molar-refractivity contribution in [1.82, 2.24) is 4.72 Å². The van der Waals surface area contributed by atoms with E-state index in [1.807, 2.05) is 12.1 Å². The maximum atomic E-state index is 10.4. The normalized spacial score (nSPS) is 12.4. The molecular weight excluding hydrogens is 370 g/mol. The van der Waals surface area contributed by atoms with Crippen LogP contribution < -0.4 is 4.72 Å². The molecule has 1 rings (SSSR count). The molecule has 0 spiro atoms. The van der Waals surface area contributed by atoms with E-state index in [0.29, 0.717) is 12.3 Å². The molecule has 28 heavy (non-hydrogen) atoms. The molecule has 0 heterocycles. The van der Waals surface area contributed by atoms with Crippen LogP contribution in [0, 0.1) is 6.92 Å². The van der Waals surface area contributed by atoms with E-state index < -0.39 is 11.3 Å². The number of hydrogen-bond acceptors (Lipinski definition) is 2. The van der Waals surface area contributed by atoms with Crippen LogP contribution in [0.3, 0.4) is 0 Å². The molecule has 0 aromatic heterocycles. The monoisotopic (exact) mass is 411 g/mol. The molecule has 0 aliphatic heterocycles. The summed E-state index contributed by atoms with van der Waals surface area (Å²) in [5, 5.41) is 9.57. The highest BCUT2D eigenvalue weighted by Gasteiger charge is 2.00. The van der Waals surface area contributed by atoms with E-state index >= 15 is 0 Å². The molecule has 0 aliphatic rings. The lowest BCUT2D eigenvalue weighted by atomic mass is 10.0. The number of phenolic OH excluding ortho intramolecular Hbond substituents is 1. The van der Waals surface area contributed by atoms with Gasteiger partial charge in [-0.1, -0.05) is 83.1 Å². The van der Waals surface area contributed by atoms with Crippen LogP contribution in [0.1, 0.15) is 101 Å². The molecule has 0 saturated heterocycles. The quantitative estimate of drug-likeness (QED) is 0.192. The van der Waals surface area contributed by atoms with Gasteiger partial charge in [0.25, 0.3) is 0 Å². The Bertz CT molecular complexity index is 537. The summed E-state index contributed by atoms with van der Waals surface area (Å²) in [6.07, 6.45) is 19.1. The zero-order valence-electron chi connectivity index (χ0n) is 17.8. The fraction of sp³-hybridized carbons (Fsp3) is 0.739. The molecular formula is C23H41NO3S. The van der Waals surface area contributed by atoms with Gasteiger partial charge in [0.15, 0.2) is 0 Å². The fourth-order valence-electron chi connectivity index (χ4n) is 3.65. The van der Waals surface area contributed by atoms with Crippen molar-refractivity contribution in [3.8, 4) is 5.75 Å².